The van der Waals surface area contributed by atoms with Gasteiger partial charge < -0.3 is 15.8 Å². The Labute approximate surface area is 115 Å². The lowest BCUT2D eigenvalue weighted by molar-refractivity contribution is -0.118. The van der Waals surface area contributed by atoms with Gasteiger partial charge in [-0.1, -0.05) is 12.1 Å². The molecule has 0 aliphatic heterocycles. The topological polar surface area (TPSA) is 77.2 Å². The average Bonchev–Trinajstić information content (AvgIpc) is 2.82. The Hall–Kier alpha value is -2.08. The molecule has 1 aromatic heterocycles. The van der Waals surface area contributed by atoms with Gasteiger partial charge in [0.2, 0.25) is 5.91 Å². The average molecular weight is 277 g/mol. The van der Waals surface area contributed by atoms with E-state index < -0.39 is 11.9 Å². The number of primary amides is 1. The Morgan fingerprint density at radius 3 is 2.79 bits per heavy atom. The zero-order chi connectivity index (χ0) is 13.8. The van der Waals surface area contributed by atoms with Crippen molar-refractivity contribution in [3.8, 4) is 5.75 Å². The summed E-state index contributed by atoms with van der Waals surface area (Å²) in [5.74, 6) is 0.217. The molecular formula is C13H15N3O2S. The fraction of sp³-hybridized carbons (Fsp3) is 0.231. The summed E-state index contributed by atoms with van der Waals surface area (Å²) < 4.78 is 5.25. The SMILES string of the molecule is COc1ccccc1NC(C(N)=O)c1scnc1C. The molecule has 0 saturated carbocycles. The number of carbonyl (C=O) groups excluding carboxylic acids is 1. The molecule has 0 bridgehead atoms. The number of hydrogen-bond acceptors (Lipinski definition) is 5. The number of aryl methyl sites for hydroxylation is 1. The summed E-state index contributed by atoms with van der Waals surface area (Å²) in [6, 6.07) is 6.78. The minimum absolute atomic E-state index is 0.446. The Kier molecular flexibility index (Phi) is 4.01. The van der Waals surface area contributed by atoms with E-state index in [1.165, 1.54) is 11.3 Å². The summed E-state index contributed by atoms with van der Waals surface area (Å²) in [6.45, 7) is 1.85. The molecule has 0 saturated heterocycles. The van der Waals surface area contributed by atoms with Crippen molar-refractivity contribution in [1.29, 1.82) is 0 Å². The first-order valence-electron chi connectivity index (χ1n) is 5.72. The third-order valence-electron chi connectivity index (χ3n) is 2.74. The van der Waals surface area contributed by atoms with Crippen LogP contribution in [0, 0.1) is 6.92 Å². The van der Waals surface area contributed by atoms with E-state index in [-0.39, 0.29) is 0 Å². The predicted molar refractivity (Wildman–Crippen MR) is 75.4 cm³/mol. The zero-order valence-corrected chi connectivity index (χ0v) is 11.5. The van der Waals surface area contributed by atoms with Gasteiger partial charge in [0.25, 0.3) is 0 Å². The first-order valence-corrected chi connectivity index (χ1v) is 6.60. The molecule has 5 nitrogen and oxygen atoms in total. The van der Waals surface area contributed by atoms with Crippen molar-refractivity contribution in [3.05, 3.63) is 40.3 Å². The van der Waals surface area contributed by atoms with Crippen LogP contribution < -0.4 is 15.8 Å². The number of thiazole rings is 1. The van der Waals surface area contributed by atoms with Crippen LogP contribution in [0.2, 0.25) is 0 Å². The van der Waals surface area contributed by atoms with Gasteiger partial charge in [0.1, 0.15) is 11.8 Å². The zero-order valence-electron chi connectivity index (χ0n) is 10.7. The van der Waals surface area contributed by atoms with E-state index in [0.717, 1.165) is 16.3 Å². The number of aromatic nitrogens is 1. The fourth-order valence-corrected chi connectivity index (χ4v) is 2.63. The minimum Gasteiger partial charge on any atom is -0.495 e. The second-order valence-corrected chi connectivity index (χ2v) is 4.87. The van der Waals surface area contributed by atoms with Crippen LogP contribution in [0.5, 0.6) is 5.75 Å². The molecule has 0 radical (unpaired) electrons. The number of nitrogens with two attached hydrogens (primary N) is 1. The highest BCUT2D eigenvalue weighted by Crippen LogP contribution is 2.30. The van der Waals surface area contributed by atoms with Crippen molar-refractivity contribution in [2.24, 2.45) is 5.73 Å². The van der Waals surface area contributed by atoms with Crippen LogP contribution in [0.15, 0.2) is 29.8 Å². The maximum atomic E-state index is 11.7. The maximum Gasteiger partial charge on any atom is 0.245 e. The second-order valence-electron chi connectivity index (χ2n) is 3.98. The van der Waals surface area contributed by atoms with Gasteiger partial charge in [-0.25, -0.2) is 4.98 Å². The van der Waals surface area contributed by atoms with Crippen molar-refractivity contribution in [2.45, 2.75) is 13.0 Å². The standard InChI is InChI=1S/C13H15N3O2S/c1-8-12(19-7-15-8)11(13(14)17)16-9-5-3-4-6-10(9)18-2/h3-7,11,16H,1-2H3,(H2,14,17). The number of para-hydroxylation sites is 2. The Bertz CT molecular complexity index is 583. The van der Waals surface area contributed by atoms with E-state index in [4.69, 9.17) is 10.5 Å². The number of nitrogens with one attached hydrogen (secondary N) is 1. The summed E-state index contributed by atoms with van der Waals surface area (Å²) in [5.41, 5.74) is 8.70. The fourth-order valence-electron chi connectivity index (χ4n) is 1.77. The molecule has 1 aromatic carbocycles. The van der Waals surface area contributed by atoms with Crippen LogP contribution in [0.3, 0.4) is 0 Å². The van der Waals surface area contributed by atoms with Crippen molar-refractivity contribution >= 4 is 22.9 Å². The second kappa shape index (κ2) is 5.71. The Morgan fingerprint density at radius 1 is 1.47 bits per heavy atom. The highest BCUT2D eigenvalue weighted by Gasteiger charge is 2.22. The molecule has 2 aromatic rings. The number of methoxy groups -OCH3 is 1. The number of benzene rings is 1. The van der Waals surface area contributed by atoms with Gasteiger partial charge in [-0.3, -0.25) is 4.79 Å². The molecule has 0 fully saturated rings. The van der Waals surface area contributed by atoms with Crippen LogP contribution in [-0.4, -0.2) is 18.0 Å². The smallest absolute Gasteiger partial charge is 0.245 e. The summed E-state index contributed by atoms with van der Waals surface area (Å²) in [6.07, 6.45) is 0. The molecule has 1 unspecified atom stereocenters. The highest BCUT2D eigenvalue weighted by atomic mass is 32.1. The van der Waals surface area contributed by atoms with E-state index in [1.54, 1.807) is 12.6 Å². The van der Waals surface area contributed by atoms with Gasteiger partial charge in [-0.15, -0.1) is 11.3 Å². The van der Waals surface area contributed by atoms with Gasteiger partial charge in [-0.2, -0.15) is 0 Å². The lowest BCUT2D eigenvalue weighted by Gasteiger charge is -2.17. The van der Waals surface area contributed by atoms with E-state index in [9.17, 15) is 4.79 Å². The molecule has 1 atom stereocenters. The summed E-state index contributed by atoms with van der Waals surface area (Å²) in [5, 5.41) is 3.11. The monoisotopic (exact) mass is 277 g/mol. The Balaban J connectivity index is 2.32. The van der Waals surface area contributed by atoms with Gasteiger partial charge in [0.15, 0.2) is 0 Å². The number of anilines is 1. The first kappa shape index (κ1) is 13.4. The number of hydrogen-bond donors (Lipinski definition) is 2. The largest absolute Gasteiger partial charge is 0.495 e. The molecule has 0 aliphatic carbocycles. The van der Waals surface area contributed by atoms with Gasteiger partial charge in [0.05, 0.1) is 28.9 Å². The molecule has 6 heteroatoms. The van der Waals surface area contributed by atoms with Crippen LogP contribution in [-0.2, 0) is 4.79 Å². The number of rotatable bonds is 5. The van der Waals surface area contributed by atoms with Crippen molar-refractivity contribution in [2.75, 3.05) is 12.4 Å². The number of amides is 1. The molecule has 2 rings (SSSR count). The maximum absolute atomic E-state index is 11.7. The van der Waals surface area contributed by atoms with Crippen molar-refractivity contribution in [1.82, 2.24) is 4.98 Å². The molecule has 1 heterocycles. The summed E-state index contributed by atoms with van der Waals surface area (Å²) in [7, 11) is 1.58. The van der Waals surface area contributed by atoms with Gasteiger partial charge in [-0.05, 0) is 19.1 Å². The lowest BCUT2D eigenvalue weighted by Crippen LogP contribution is -2.27. The normalized spacial score (nSPS) is 11.9. The third-order valence-corrected chi connectivity index (χ3v) is 3.73. The number of nitrogens with zero attached hydrogens (tertiary/aromatic N) is 1. The highest BCUT2D eigenvalue weighted by molar-refractivity contribution is 7.10. The summed E-state index contributed by atoms with van der Waals surface area (Å²) >= 11 is 1.40. The van der Waals surface area contributed by atoms with Crippen LogP contribution in [0.4, 0.5) is 5.69 Å². The van der Waals surface area contributed by atoms with E-state index in [2.05, 4.69) is 10.3 Å². The first-order chi connectivity index (χ1) is 9.13. The van der Waals surface area contributed by atoms with Gasteiger partial charge >= 0.3 is 0 Å². The van der Waals surface area contributed by atoms with Crippen LogP contribution in [0.1, 0.15) is 16.6 Å². The van der Waals surface area contributed by atoms with Crippen LogP contribution in [0.25, 0.3) is 0 Å². The van der Waals surface area contributed by atoms with Gasteiger partial charge in [0, 0.05) is 0 Å². The molecule has 0 spiro atoms. The van der Waals surface area contributed by atoms with E-state index >= 15 is 0 Å². The van der Waals surface area contributed by atoms with Crippen molar-refractivity contribution in [3.63, 3.8) is 0 Å². The Morgan fingerprint density at radius 2 is 2.21 bits per heavy atom. The number of ether oxygens (including phenoxy) is 1. The predicted octanol–water partition coefficient (Wildman–Crippen LogP) is 2.10. The number of carbonyl (C=O) groups is 1. The molecule has 0 aliphatic rings. The quantitative estimate of drug-likeness (QED) is 0.877. The minimum atomic E-state index is -0.608. The molecule has 1 amide bonds. The van der Waals surface area contributed by atoms with E-state index in [1.807, 2.05) is 31.2 Å². The molecular weight excluding hydrogens is 262 g/mol. The third kappa shape index (κ3) is 2.85. The summed E-state index contributed by atoms with van der Waals surface area (Å²) in [4.78, 5) is 16.6. The molecule has 19 heavy (non-hydrogen) atoms. The van der Waals surface area contributed by atoms with Crippen molar-refractivity contribution < 1.29 is 9.53 Å². The van der Waals surface area contributed by atoms with E-state index in [0.29, 0.717) is 5.75 Å². The molecule has 3 N–H and O–H groups in total. The van der Waals surface area contributed by atoms with Crippen LogP contribution >= 0.6 is 11.3 Å². The molecule has 100 valence electrons. The lowest BCUT2D eigenvalue weighted by atomic mass is 10.2.